The summed E-state index contributed by atoms with van der Waals surface area (Å²) in [6.07, 6.45) is 3.74. The highest BCUT2D eigenvalue weighted by Crippen LogP contribution is 2.32. The van der Waals surface area contributed by atoms with E-state index < -0.39 is 9.84 Å². The molecule has 2 aromatic carbocycles. The fourth-order valence-corrected chi connectivity index (χ4v) is 5.33. The molecule has 10 heteroatoms. The van der Waals surface area contributed by atoms with Crippen LogP contribution in [-0.2, 0) is 14.6 Å². The summed E-state index contributed by atoms with van der Waals surface area (Å²) in [6.45, 7) is 0.803. The summed E-state index contributed by atoms with van der Waals surface area (Å²) >= 11 is 1.56. The third-order valence-corrected chi connectivity index (χ3v) is 7.51. The fraction of sp³-hybridized carbons (Fsp3) is 0.182. The predicted octanol–water partition coefficient (Wildman–Crippen LogP) is 3.64. The maximum Gasteiger partial charge on any atom is 0.225 e. The van der Waals surface area contributed by atoms with Crippen molar-refractivity contribution < 1.29 is 22.7 Å². The zero-order chi connectivity index (χ0) is 22.1. The van der Waals surface area contributed by atoms with Crippen LogP contribution in [0.25, 0.3) is 16.2 Å². The average Bonchev–Trinajstić information content (AvgIpc) is 3.41. The summed E-state index contributed by atoms with van der Waals surface area (Å²) < 4.78 is 38.1. The molecule has 1 aliphatic heterocycles. The number of ether oxygens (including phenoxy) is 2. The number of hydrogen-bond donors (Lipinski definition) is 1. The number of benzene rings is 2. The lowest BCUT2D eigenvalue weighted by Gasteiger charge is -2.18. The van der Waals surface area contributed by atoms with E-state index in [1.807, 2.05) is 34.3 Å². The van der Waals surface area contributed by atoms with Crippen molar-refractivity contribution in [2.45, 2.75) is 11.3 Å². The Kier molecular flexibility index (Phi) is 5.32. The van der Waals surface area contributed by atoms with Gasteiger partial charge in [-0.2, -0.15) is 0 Å². The molecule has 5 rings (SSSR count). The Morgan fingerprint density at radius 3 is 2.66 bits per heavy atom. The maximum atomic E-state index is 12.6. The van der Waals surface area contributed by atoms with E-state index in [-0.39, 0.29) is 23.0 Å². The van der Waals surface area contributed by atoms with Gasteiger partial charge in [-0.15, -0.1) is 11.3 Å². The standard InChI is InChI=1S/C22H19N3O5S2/c26-21(7-12-32(27,28)17-5-6-19-20(13-17)30-10-9-29-19)23-16-3-1-15(2-4-16)18-14-25-8-11-31-22(25)24-18/h1-6,8,11,13-14H,7,9-10,12H2,(H,23,26). The topological polar surface area (TPSA) is 99.0 Å². The van der Waals surface area contributed by atoms with Crippen molar-refractivity contribution in [3.63, 3.8) is 0 Å². The first kappa shape index (κ1) is 20.5. The highest BCUT2D eigenvalue weighted by atomic mass is 32.2. The largest absolute Gasteiger partial charge is 0.486 e. The van der Waals surface area contributed by atoms with Gasteiger partial charge in [0.15, 0.2) is 26.3 Å². The second-order valence-corrected chi connectivity index (χ2v) is 10.2. The number of imidazole rings is 1. The first-order valence-corrected chi connectivity index (χ1v) is 12.5. The summed E-state index contributed by atoms with van der Waals surface area (Å²) in [5.74, 6) is 0.245. The molecule has 1 amide bonds. The number of carbonyl (C=O) groups excluding carboxylic acids is 1. The Balaban J connectivity index is 1.20. The number of thiazole rings is 1. The molecule has 2 aromatic heterocycles. The van der Waals surface area contributed by atoms with Crippen LogP contribution < -0.4 is 14.8 Å². The second kappa shape index (κ2) is 8.29. The molecule has 0 bridgehead atoms. The van der Waals surface area contributed by atoms with E-state index in [2.05, 4.69) is 10.3 Å². The van der Waals surface area contributed by atoms with Gasteiger partial charge in [-0.1, -0.05) is 12.1 Å². The van der Waals surface area contributed by atoms with Gasteiger partial charge in [-0.25, -0.2) is 13.4 Å². The molecule has 0 spiro atoms. The molecule has 0 saturated heterocycles. The van der Waals surface area contributed by atoms with Gasteiger partial charge in [-0.05, 0) is 24.3 Å². The number of amides is 1. The molecule has 1 N–H and O–H groups in total. The minimum atomic E-state index is -3.64. The molecule has 8 nitrogen and oxygen atoms in total. The summed E-state index contributed by atoms with van der Waals surface area (Å²) in [7, 11) is -3.64. The quantitative estimate of drug-likeness (QED) is 0.463. The van der Waals surface area contributed by atoms with Gasteiger partial charge in [-0.3, -0.25) is 9.20 Å². The third kappa shape index (κ3) is 4.19. The Hall–Kier alpha value is -3.37. The molecular weight excluding hydrogens is 450 g/mol. The van der Waals surface area contributed by atoms with Gasteiger partial charge >= 0.3 is 0 Å². The first-order valence-electron chi connectivity index (χ1n) is 9.93. The number of nitrogens with zero attached hydrogens (tertiary/aromatic N) is 2. The monoisotopic (exact) mass is 469 g/mol. The highest BCUT2D eigenvalue weighted by molar-refractivity contribution is 7.91. The molecule has 0 radical (unpaired) electrons. The fourth-order valence-electron chi connectivity index (χ4n) is 3.38. The van der Waals surface area contributed by atoms with Crippen molar-refractivity contribution >= 4 is 37.7 Å². The number of rotatable bonds is 6. The molecule has 0 aliphatic carbocycles. The number of carbonyl (C=O) groups is 1. The van der Waals surface area contributed by atoms with E-state index in [9.17, 15) is 13.2 Å². The zero-order valence-corrected chi connectivity index (χ0v) is 18.5. The van der Waals surface area contributed by atoms with Crippen molar-refractivity contribution in [1.29, 1.82) is 0 Å². The minimum Gasteiger partial charge on any atom is -0.486 e. The molecule has 0 atom stereocenters. The summed E-state index contributed by atoms with van der Waals surface area (Å²) in [5, 5.41) is 4.72. The van der Waals surface area contributed by atoms with Crippen LogP contribution in [0.15, 0.2) is 65.1 Å². The first-order chi connectivity index (χ1) is 15.5. The van der Waals surface area contributed by atoms with Crippen molar-refractivity contribution in [3.05, 3.63) is 60.2 Å². The van der Waals surface area contributed by atoms with Crippen LogP contribution in [0.4, 0.5) is 5.69 Å². The number of fused-ring (bicyclic) bond motifs is 2. The zero-order valence-electron chi connectivity index (χ0n) is 16.9. The molecule has 0 unspecified atom stereocenters. The Bertz CT molecular complexity index is 1360. The number of aromatic nitrogens is 2. The summed E-state index contributed by atoms with van der Waals surface area (Å²) in [6, 6.07) is 11.8. The smallest absolute Gasteiger partial charge is 0.225 e. The van der Waals surface area contributed by atoms with Crippen LogP contribution >= 0.6 is 11.3 Å². The van der Waals surface area contributed by atoms with Gasteiger partial charge < -0.3 is 14.8 Å². The van der Waals surface area contributed by atoms with E-state index in [1.165, 1.54) is 12.1 Å². The molecular formula is C22H19N3O5S2. The van der Waals surface area contributed by atoms with Crippen molar-refractivity contribution in [2.24, 2.45) is 0 Å². The molecule has 164 valence electrons. The maximum absolute atomic E-state index is 12.6. The molecule has 0 saturated carbocycles. The van der Waals surface area contributed by atoms with Gasteiger partial charge in [0.05, 0.1) is 16.3 Å². The molecule has 4 aromatic rings. The number of anilines is 1. The summed E-state index contributed by atoms with van der Waals surface area (Å²) in [4.78, 5) is 17.9. The lowest BCUT2D eigenvalue weighted by molar-refractivity contribution is -0.115. The van der Waals surface area contributed by atoms with Crippen molar-refractivity contribution in [3.8, 4) is 22.8 Å². The Labute approximate surface area is 188 Å². The lowest BCUT2D eigenvalue weighted by Crippen LogP contribution is -2.18. The van der Waals surface area contributed by atoms with Crippen molar-refractivity contribution in [2.75, 3.05) is 24.3 Å². The molecule has 3 heterocycles. The number of nitrogens with one attached hydrogen (secondary N) is 1. The van der Waals surface area contributed by atoms with E-state index in [0.29, 0.717) is 30.4 Å². The highest BCUT2D eigenvalue weighted by Gasteiger charge is 2.20. The van der Waals surface area contributed by atoms with Gasteiger partial charge in [0.2, 0.25) is 5.91 Å². The van der Waals surface area contributed by atoms with Crippen LogP contribution in [0, 0.1) is 0 Å². The summed E-state index contributed by atoms with van der Waals surface area (Å²) in [5.41, 5.74) is 2.37. The number of sulfone groups is 1. The average molecular weight is 470 g/mol. The molecule has 32 heavy (non-hydrogen) atoms. The van der Waals surface area contributed by atoms with E-state index >= 15 is 0 Å². The van der Waals surface area contributed by atoms with Crippen LogP contribution in [-0.4, -0.2) is 42.7 Å². The minimum absolute atomic E-state index is 0.110. The molecule has 1 aliphatic rings. The van der Waals surface area contributed by atoms with Crippen molar-refractivity contribution in [1.82, 2.24) is 9.38 Å². The predicted molar refractivity (Wildman–Crippen MR) is 121 cm³/mol. The lowest BCUT2D eigenvalue weighted by atomic mass is 10.1. The van der Waals surface area contributed by atoms with Crippen LogP contribution in [0.2, 0.25) is 0 Å². The van der Waals surface area contributed by atoms with Gasteiger partial charge in [0.1, 0.15) is 13.2 Å². The van der Waals surface area contributed by atoms with Crippen LogP contribution in [0.5, 0.6) is 11.5 Å². The van der Waals surface area contributed by atoms with Gasteiger partial charge in [0.25, 0.3) is 0 Å². The van der Waals surface area contributed by atoms with E-state index in [4.69, 9.17) is 9.47 Å². The van der Waals surface area contributed by atoms with Crippen LogP contribution in [0.1, 0.15) is 6.42 Å². The van der Waals surface area contributed by atoms with E-state index in [1.54, 1.807) is 29.5 Å². The normalized spacial score (nSPS) is 13.2. The Morgan fingerprint density at radius 2 is 1.88 bits per heavy atom. The Morgan fingerprint density at radius 1 is 1.09 bits per heavy atom. The van der Waals surface area contributed by atoms with Crippen LogP contribution in [0.3, 0.4) is 0 Å². The second-order valence-electron chi connectivity index (χ2n) is 7.22. The SMILES string of the molecule is O=C(CCS(=O)(=O)c1ccc2c(c1)OCCO2)Nc1ccc(-c2cn3ccsc3n2)cc1. The molecule has 0 fully saturated rings. The third-order valence-electron chi connectivity index (χ3n) is 5.03. The van der Waals surface area contributed by atoms with Gasteiger partial charge in [0, 0.05) is 41.5 Å². The van der Waals surface area contributed by atoms with E-state index in [0.717, 1.165) is 16.2 Å². The number of hydrogen-bond acceptors (Lipinski definition) is 7.